The van der Waals surface area contributed by atoms with Crippen molar-refractivity contribution in [3.63, 3.8) is 0 Å². The second kappa shape index (κ2) is 6.71. The minimum absolute atomic E-state index is 0.183. The fraction of sp³-hybridized carbons (Fsp3) is 0.188. The lowest BCUT2D eigenvalue weighted by atomic mass is 10.1. The highest BCUT2D eigenvalue weighted by molar-refractivity contribution is 5.88. The molecule has 0 aliphatic rings. The Hall–Kier alpha value is -2.13. The monoisotopic (exact) mass is 255 g/mol. The fourth-order valence-corrected chi connectivity index (χ4v) is 1.72. The van der Waals surface area contributed by atoms with E-state index in [0.29, 0.717) is 5.56 Å². The van der Waals surface area contributed by atoms with Crippen molar-refractivity contribution in [3.8, 4) is 0 Å². The maximum atomic E-state index is 11.8. The average molecular weight is 255 g/mol. The van der Waals surface area contributed by atoms with Crippen molar-refractivity contribution in [1.82, 2.24) is 0 Å². The average Bonchev–Trinajstić information content (AvgIpc) is 2.49. The van der Waals surface area contributed by atoms with Gasteiger partial charge in [-0.15, -0.1) is 0 Å². The first-order chi connectivity index (χ1) is 9.31. The van der Waals surface area contributed by atoms with Gasteiger partial charge >= 0.3 is 5.97 Å². The molecule has 0 bridgehead atoms. The Balaban J connectivity index is 1.96. The topological polar surface area (TPSA) is 35.5 Å². The van der Waals surface area contributed by atoms with Crippen LogP contribution < -0.4 is 0 Å². The molecule has 0 N–H and O–H groups in total. The highest BCUT2D eigenvalue weighted by Gasteiger charge is 2.14. The number of hydrogen-bond acceptors (Lipinski definition) is 3. The van der Waals surface area contributed by atoms with Crippen molar-refractivity contribution in [3.05, 3.63) is 71.8 Å². The van der Waals surface area contributed by atoms with Crippen LogP contribution in [0.25, 0.3) is 0 Å². The smallest absolute Gasteiger partial charge is 0.338 e. The summed E-state index contributed by atoms with van der Waals surface area (Å²) >= 11 is 0. The van der Waals surface area contributed by atoms with Crippen molar-refractivity contribution < 1.29 is 14.3 Å². The molecule has 0 aromatic heterocycles. The van der Waals surface area contributed by atoms with E-state index in [0.717, 1.165) is 5.56 Å². The summed E-state index contributed by atoms with van der Waals surface area (Å²) in [7, 11) is 1.60. The van der Waals surface area contributed by atoms with Crippen molar-refractivity contribution in [2.75, 3.05) is 13.7 Å². The van der Waals surface area contributed by atoms with E-state index in [1.165, 1.54) is 0 Å². The number of hydrogen-bond donors (Lipinski definition) is 0. The molecule has 0 aliphatic heterocycles. The number of rotatable bonds is 5. The van der Waals surface area contributed by atoms with E-state index in [-0.39, 0.29) is 12.7 Å². The Morgan fingerprint density at radius 2 is 1.89 bits per heavy atom. The molecular formula is C16H15O3. The van der Waals surface area contributed by atoms with Crippen molar-refractivity contribution in [2.24, 2.45) is 0 Å². The van der Waals surface area contributed by atoms with E-state index in [4.69, 9.17) is 9.47 Å². The van der Waals surface area contributed by atoms with Crippen LogP contribution in [-0.4, -0.2) is 19.7 Å². The molecule has 0 amide bonds. The lowest BCUT2D eigenvalue weighted by Crippen LogP contribution is -2.14. The number of ether oxygens (including phenoxy) is 2. The van der Waals surface area contributed by atoms with Crippen LogP contribution in [0.1, 0.15) is 22.0 Å². The third-order valence-corrected chi connectivity index (χ3v) is 2.75. The number of carbonyl (C=O) groups is 1. The van der Waals surface area contributed by atoms with E-state index < -0.39 is 5.97 Å². The van der Waals surface area contributed by atoms with Crippen LogP contribution in [0.4, 0.5) is 0 Å². The van der Waals surface area contributed by atoms with E-state index in [9.17, 15) is 4.79 Å². The lowest BCUT2D eigenvalue weighted by Gasteiger charge is -2.15. The number of benzene rings is 2. The summed E-state index contributed by atoms with van der Waals surface area (Å²) in [6.45, 7) is 0.183. The van der Waals surface area contributed by atoms with Gasteiger partial charge in [-0.25, -0.2) is 4.79 Å². The summed E-state index contributed by atoms with van der Waals surface area (Å²) in [4.78, 5) is 11.8. The molecule has 1 radical (unpaired) electrons. The highest BCUT2D eigenvalue weighted by atomic mass is 16.6. The third-order valence-electron chi connectivity index (χ3n) is 2.75. The van der Waals surface area contributed by atoms with Gasteiger partial charge in [-0.05, 0) is 17.7 Å². The standard InChI is InChI=1S/C16H15O3/c1-18-15(13-8-4-2-5-9-13)12-19-16(17)14-10-6-3-7-11-14/h2-10,15H,12H2,1H3. The quantitative estimate of drug-likeness (QED) is 0.770. The van der Waals surface area contributed by atoms with Crippen LogP contribution in [-0.2, 0) is 9.47 Å². The Labute approximate surface area is 112 Å². The zero-order valence-corrected chi connectivity index (χ0v) is 10.7. The molecule has 1 unspecified atom stereocenters. The molecular weight excluding hydrogens is 240 g/mol. The summed E-state index contributed by atoms with van der Waals surface area (Å²) < 4.78 is 10.6. The Kier molecular flexibility index (Phi) is 4.70. The first-order valence-corrected chi connectivity index (χ1v) is 6.03. The molecule has 1 atom stereocenters. The first kappa shape index (κ1) is 13.3. The molecule has 3 nitrogen and oxygen atoms in total. The van der Waals surface area contributed by atoms with E-state index in [1.807, 2.05) is 30.3 Å². The summed E-state index contributed by atoms with van der Waals surface area (Å²) in [6.07, 6.45) is -0.256. The fourth-order valence-electron chi connectivity index (χ4n) is 1.72. The molecule has 0 saturated heterocycles. The summed E-state index contributed by atoms with van der Waals surface area (Å²) in [5, 5.41) is 0. The van der Waals surface area contributed by atoms with Gasteiger partial charge in [0, 0.05) is 7.11 Å². The predicted octanol–water partition coefficient (Wildman–Crippen LogP) is 3.03. The minimum Gasteiger partial charge on any atom is -0.459 e. The number of methoxy groups -OCH3 is 1. The van der Waals surface area contributed by atoms with Crippen LogP contribution in [0.15, 0.2) is 54.6 Å². The van der Waals surface area contributed by atoms with Crippen molar-refractivity contribution in [2.45, 2.75) is 6.10 Å². The lowest BCUT2D eigenvalue weighted by molar-refractivity contribution is 0.0101. The second-order valence-electron chi connectivity index (χ2n) is 4.01. The summed E-state index contributed by atoms with van der Waals surface area (Å²) in [5.41, 5.74) is 1.40. The molecule has 2 aromatic carbocycles. The van der Waals surface area contributed by atoms with Crippen LogP contribution in [0.3, 0.4) is 0 Å². The Morgan fingerprint density at radius 1 is 1.16 bits per heavy atom. The van der Waals surface area contributed by atoms with E-state index in [1.54, 1.807) is 31.4 Å². The molecule has 0 spiro atoms. The zero-order valence-electron chi connectivity index (χ0n) is 10.7. The minimum atomic E-state index is -0.390. The third kappa shape index (κ3) is 3.66. The molecule has 19 heavy (non-hydrogen) atoms. The SMILES string of the molecule is COC(COC(=O)c1[c]cccc1)c1ccccc1. The predicted molar refractivity (Wildman–Crippen MR) is 71.8 cm³/mol. The van der Waals surface area contributed by atoms with Crippen LogP contribution >= 0.6 is 0 Å². The molecule has 3 heteroatoms. The normalized spacial score (nSPS) is 11.8. The summed E-state index contributed by atoms with van der Waals surface area (Å²) in [6, 6.07) is 19.4. The van der Waals surface area contributed by atoms with Crippen molar-refractivity contribution >= 4 is 5.97 Å². The molecule has 0 aliphatic carbocycles. The number of carbonyl (C=O) groups excluding carboxylic acids is 1. The molecule has 2 rings (SSSR count). The largest absolute Gasteiger partial charge is 0.459 e. The van der Waals surface area contributed by atoms with Gasteiger partial charge in [0.05, 0.1) is 5.56 Å². The van der Waals surface area contributed by atoms with Crippen LogP contribution in [0.5, 0.6) is 0 Å². The van der Waals surface area contributed by atoms with Gasteiger partial charge in [0.25, 0.3) is 0 Å². The summed E-state index contributed by atoms with van der Waals surface area (Å²) in [5.74, 6) is -0.390. The molecule has 97 valence electrons. The first-order valence-electron chi connectivity index (χ1n) is 6.03. The maximum Gasteiger partial charge on any atom is 0.338 e. The second-order valence-corrected chi connectivity index (χ2v) is 4.01. The molecule has 0 heterocycles. The van der Waals surface area contributed by atoms with E-state index >= 15 is 0 Å². The van der Waals surface area contributed by atoms with Gasteiger partial charge in [-0.3, -0.25) is 0 Å². The zero-order chi connectivity index (χ0) is 13.5. The number of esters is 1. The Bertz CT molecular complexity index is 508. The van der Waals surface area contributed by atoms with E-state index in [2.05, 4.69) is 6.07 Å². The van der Waals surface area contributed by atoms with Gasteiger partial charge in [0.15, 0.2) is 0 Å². The molecule has 0 fully saturated rings. The van der Waals surface area contributed by atoms with Crippen LogP contribution in [0, 0.1) is 6.07 Å². The Morgan fingerprint density at radius 3 is 2.53 bits per heavy atom. The van der Waals surface area contributed by atoms with Crippen molar-refractivity contribution in [1.29, 1.82) is 0 Å². The van der Waals surface area contributed by atoms with Gasteiger partial charge < -0.3 is 9.47 Å². The maximum absolute atomic E-state index is 11.8. The van der Waals surface area contributed by atoms with Crippen LogP contribution in [0.2, 0.25) is 0 Å². The molecule has 0 saturated carbocycles. The van der Waals surface area contributed by atoms with Gasteiger partial charge in [-0.1, -0.05) is 48.5 Å². The van der Waals surface area contributed by atoms with Gasteiger partial charge in [-0.2, -0.15) is 0 Å². The highest BCUT2D eigenvalue weighted by Crippen LogP contribution is 2.17. The molecule has 2 aromatic rings. The van der Waals surface area contributed by atoms with Gasteiger partial charge in [0.1, 0.15) is 12.7 Å². The van der Waals surface area contributed by atoms with Gasteiger partial charge in [0.2, 0.25) is 0 Å².